The molecule has 6 nitrogen and oxygen atoms in total. The zero-order chi connectivity index (χ0) is 20.4. The lowest BCUT2D eigenvalue weighted by molar-refractivity contribution is -0.129. The minimum absolute atomic E-state index is 0.0251. The van der Waals surface area contributed by atoms with E-state index >= 15 is 0 Å². The van der Waals surface area contributed by atoms with Gasteiger partial charge in [0.25, 0.3) is 5.91 Å². The molecule has 0 spiro atoms. The van der Waals surface area contributed by atoms with Gasteiger partial charge in [-0.1, -0.05) is 23.9 Å². The maximum absolute atomic E-state index is 12.8. The number of rotatable bonds is 5. The average Bonchev–Trinajstić information content (AvgIpc) is 3.36. The number of hydrogen-bond donors (Lipinski definition) is 1. The topological polar surface area (TPSA) is 75.2 Å². The van der Waals surface area contributed by atoms with Gasteiger partial charge in [0.05, 0.1) is 12.1 Å². The molecular weight excluding hydrogens is 404 g/mol. The van der Waals surface area contributed by atoms with Crippen LogP contribution in [0.25, 0.3) is 10.2 Å². The Kier molecular flexibility index (Phi) is 5.82. The van der Waals surface area contributed by atoms with Crippen LogP contribution in [0.2, 0.25) is 0 Å². The Hall–Kier alpha value is -2.45. The average molecular weight is 427 g/mol. The van der Waals surface area contributed by atoms with Crippen LogP contribution in [0.3, 0.4) is 0 Å². The molecule has 4 rings (SSSR count). The van der Waals surface area contributed by atoms with Gasteiger partial charge in [-0.3, -0.25) is 9.59 Å². The number of carbonyl (C=O) groups excluding carboxylic acids is 2. The van der Waals surface area contributed by atoms with E-state index in [1.807, 2.05) is 18.2 Å². The van der Waals surface area contributed by atoms with Crippen LogP contribution in [0.4, 0.5) is 0 Å². The summed E-state index contributed by atoms with van der Waals surface area (Å²) in [6.45, 7) is 5.74. The molecule has 0 atom stereocenters. The standard InChI is InChI=1S/C21H22N4O2S2/c1-13-14(2)28-20-18(13)21(24-12-23-20)29-16-8-4-3-7-15(16)19(27)22-11-17(26)25-9-5-6-10-25/h3-4,7-8,12H,5-6,9-11H2,1-2H3,(H,22,27). The molecule has 1 aliphatic rings. The first-order chi connectivity index (χ1) is 14.0. The molecular formula is C21H22N4O2S2. The summed E-state index contributed by atoms with van der Waals surface area (Å²) in [5, 5.41) is 4.66. The third-order valence-corrected chi connectivity index (χ3v) is 7.32. The van der Waals surface area contributed by atoms with Crippen molar-refractivity contribution in [3.63, 3.8) is 0 Å². The molecule has 1 fully saturated rings. The van der Waals surface area contributed by atoms with Crippen molar-refractivity contribution in [3.8, 4) is 0 Å². The monoisotopic (exact) mass is 426 g/mol. The van der Waals surface area contributed by atoms with E-state index in [4.69, 9.17) is 0 Å². The van der Waals surface area contributed by atoms with Crippen LogP contribution in [-0.2, 0) is 4.79 Å². The predicted octanol–water partition coefficient (Wildman–Crippen LogP) is 3.81. The number of benzene rings is 1. The Morgan fingerprint density at radius 3 is 2.72 bits per heavy atom. The Balaban J connectivity index is 1.54. The van der Waals surface area contributed by atoms with Gasteiger partial charge in [-0.25, -0.2) is 9.97 Å². The highest BCUT2D eigenvalue weighted by atomic mass is 32.2. The number of fused-ring (bicyclic) bond motifs is 1. The highest BCUT2D eigenvalue weighted by Gasteiger charge is 2.20. The van der Waals surface area contributed by atoms with Crippen molar-refractivity contribution < 1.29 is 9.59 Å². The second-order valence-corrected chi connectivity index (χ2v) is 9.24. The summed E-state index contributed by atoms with van der Waals surface area (Å²) in [4.78, 5) is 38.7. The van der Waals surface area contributed by atoms with E-state index < -0.39 is 0 Å². The molecule has 1 aromatic carbocycles. The fourth-order valence-corrected chi connectivity index (χ4v) is 5.54. The smallest absolute Gasteiger partial charge is 0.252 e. The number of carbonyl (C=O) groups is 2. The summed E-state index contributed by atoms with van der Waals surface area (Å²) in [6.07, 6.45) is 3.64. The van der Waals surface area contributed by atoms with Crippen LogP contribution < -0.4 is 5.32 Å². The molecule has 2 amide bonds. The molecule has 0 bridgehead atoms. The van der Waals surface area contributed by atoms with Gasteiger partial charge in [0, 0.05) is 28.2 Å². The highest BCUT2D eigenvalue weighted by Crippen LogP contribution is 2.38. The van der Waals surface area contributed by atoms with Crippen molar-refractivity contribution in [2.75, 3.05) is 19.6 Å². The first-order valence-corrected chi connectivity index (χ1v) is 11.2. The van der Waals surface area contributed by atoms with E-state index in [-0.39, 0.29) is 18.4 Å². The van der Waals surface area contributed by atoms with Crippen molar-refractivity contribution >= 4 is 45.1 Å². The second kappa shape index (κ2) is 8.51. The maximum Gasteiger partial charge on any atom is 0.252 e. The lowest BCUT2D eigenvalue weighted by atomic mass is 10.2. The zero-order valence-electron chi connectivity index (χ0n) is 16.4. The highest BCUT2D eigenvalue weighted by molar-refractivity contribution is 7.99. The molecule has 1 N–H and O–H groups in total. The third-order valence-electron chi connectivity index (χ3n) is 5.13. The lowest BCUT2D eigenvalue weighted by Gasteiger charge is -2.16. The van der Waals surface area contributed by atoms with Crippen molar-refractivity contribution in [1.82, 2.24) is 20.2 Å². The second-order valence-electron chi connectivity index (χ2n) is 7.01. The summed E-state index contributed by atoms with van der Waals surface area (Å²) in [7, 11) is 0. The summed E-state index contributed by atoms with van der Waals surface area (Å²) in [5.74, 6) is -0.271. The summed E-state index contributed by atoms with van der Waals surface area (Å²) >= 11 is 3.11. The Bertz CT molecular complexity index is 1070. The molecule has 3 aromatic rings. The number of nitrogens with zero attached hydrogens (tertiary/aromatic N) is 3. The predicted molar refractivity (Wildman–Crippen MR) is 116 cm³/mol. The van der Waals surface area contributed by atoms with E-state index in [0.717, 1.165) is 46.1 Å². The molecule has 0 radical (unpaired) electrons. The van der Waals surface area contributed by atoms with Gasteiger partial charge >= 0.3 is 0 Å². The number of amides is 2. The number of aryl methyl sites for hydroxylation is 2. The van der Waals surface area contributed by atoms with E-state index in [1.54, 1.807) is 28.6 Å². The van der Waals surface area contributed by atoms with Crippen LogP contribution in [0.15, 0.2) is 40.5 Å². The SMILES string of the molecule is Cc1sc2ncnc(Sc3ccccc3C(=O)NCC(=O)N3CCCC3)c2c1C. The van der Waals surface area contributed by atoms with Gasteiger partial charge in [0.2, 0.25) is 5.91 Å². The van der Waals surface area contributed by atoms with Crippen molar-refractivity contribution in [2.45, 2.75) is 36.6 Å². The van der Waals surface area contributed by atoms with Crippen LogP contribution in [0.1, 0.15) is 33.6 Å². The van der Waals surface area contributed by atoms with Crippen molar-refractivity contribution in [1.29, 1.82) is 0 Å². The van der Waals surface area contributed by atoms with Gasteiger partial charge in [-0.05, 0) is 44.4 Å². The van der Waals surface area contributed by atoms with Gasteiger partial charge < -0.3 is 10.2 Å². The van der Waals surface area contributed by atoms with Crippen molar-refractivity contribution in [3.05, 3.63) is 46.6 Å². The first-order valence-electron chi connectivity index (χ1n) is 9.58. The van der Waals surface area contributed by atoms with E-state index in [2.05, 4.69) is 29.1 Å². The molecule has 8 heteroatoms. The van der Waals surface area contributed by atoms with Crippen LogP contribution in [0.5, 0.6) is 0 Å². The van der Waals surface area contributed by atoms with Gasteiger partial charge in [-0.2, -0.15) is 0 Å². The Labute approximate surface area is 177 Å². The van der Waals surface area contributed by atoms with Gasteiger partial charge in [-0.15, -0.1) is 11.3 Å². The van der Waals surface area contributed by atoms with Crippen LogP contribution in [0, 0.1) is 13.8 Å². The molecule has 0 aliphatic carbocycles. The van der Waals surface area contributed by atoms with Crippen LogP contribution >= 0.6 is 23.1 Å². The molecule has 1 saturated heterocycles. The number of nitrogens with one attached hydrogen (secondary N) is 1. The molecule has 0 saturated carbocycles. The number of aromatic nitrogens is 2. The summed E-state index contributed by atoms with van der Waals surface area (Å²) in [5.41, 5.74) is 1.72. The molecule has 0 unspecified atom stereocenters. The lowest BCUT2D eigenvalue weighted by Crippen LogP contribution is -2.38. The van der Waals surface area contributed by atoms with Gasteiger partial charge in [0.1, 0.15) is 16.2 Å². The van der Waals surface area contributed by atoms with E-state index in [9.17, 15) is 9.59 Å². The molecule has 2 aromatic heterocycles. The molecule has 1 aliphatic heterocycles. The summed E-state index contributed by atoms with van der Waals surface area (Å²) < 4.78 is 0. The Morgan fingerprint density at radius 1 is 1.17 bits per heavy atom. The van der Waals surface area contributed by atoms with Crippen molar-refractivity contribution in [2.24, 2.45) is 0 Å². The third kappa shape index (κ3) is 4.13. The fourth-order valence-electron chi connectivity index (χ4n) is 3.40. The number of thiophene rings is 1. The van der Waals surface area contributed by atoms with E-state index in [0.29, 0.717) is 5.56 Å². The quantitative estimate of drug-likeness (QED) is 0.628. The number of likely N-dealkylation sites (tertiary alicyclic amines) is 1. The summed E-state index contributed by atoms with van der Waals surface area (Å²) in [6, 6.07) is 7.42. The maximum atomic E-state index is 12.8. The fraction of sp³-hybridized carbons (Fsp3) is 0.333. The first kappa shape index (κ1) is 19.8. The normalized spacial score (nSPS) is 13.8. The van der Waals surface area contributed by atoms with Gasteiger partial charge in [0.15, 0.2) is 0 Å². The number of hydrogen-bond acceptors (Lipinski definition) is 6. The minimum atomic E-state index is -0.246. The molecule has 29 heavy (non-hydrogen) atoms. The zero-order valence-corrected chi connectivity index (χ0v) is 18.0. The Morgan fingerprint density at radius 2 is 1.93 bits per heavy atom. The minimum Gasteiger partial charge on any atom is -0.343 e. The molecule has 3 heterocycles. The van der Waals surface area contributed by atoms with Crippen LogP contribution in [-0.4, -0.2) is 46.3 Å². The molecule has 150 valence electrons. The largest absolute Gasteiger partial charge is 0.343 e. The van der Waals surface area contributed by atoms with E-state index in [1.165, 1.54) is 22.2 Å².